The molecule has 1 aromatic carbocycles. The Morgan fingerprint density at radius 2 is 1.94 bits per heavy atom. The van der Waals surface area contributed by atoms with Crippen molar-refractivity contribution in [1.82, 2.24) is 0 Å². The van der Waals surface area contributed by atoms with Gasteiger partial charge in [0.1, 0.15) is 5.75 Å². The first kappa shape index (κ1) is 11.1. The number of rotatable bonds is 1. The van der Waals surface area contributed by atoms with E-state index in [2.05, 4.69) is 15.9 Å². The lowest BCUT2D eigenvalue weighted by Gasteiger charge is -2.17. The van der Waals surface area contributed by atoms with Gasteiger partial charge in [0.15, 0.2) is 5.78 Å². The number of hydrogen-bond donors (Lipinski definition) is 1. The maximum atomic E-state index is 12.0. The van der Waals surface area contributed by atoms with Gasteiger partial charge in [-0.1, -0.05) is 13.0 Å². The molecule has 0 aliphatic heterocycles. The molecule has 0 saturated heterocycles. The highest BCUT2D eigenvalue weighted by Crippen LogP contribution is 2.35. The minimum atomic E-state index is -0.276. The van der Waals surface area contributed by atoms with E-state index in [9.17, 15) is 14.7 Å². The molecule has 82 valence electrons. The van der Waals surface area contributed by atoms with E-state index in [0.717, 1.165) is 0 Å². The van der Waals surface area contributed by atoms with Gasteiger partial charge >= 0.3 is 0 Å². The van der Waals surface area contributed by atoms with E-state index in [1.165, 1.54) is 6.07 Å². The molecular formula is C12H9BrO3. The Morgan fingerprint density at radius 1 is 1.25 bits per heavy atom. The summed E-state index contributed by atoms with van der Waals surface area (Å²) in [4.78, 5) is 23.9. The largest absolute Gasteiger partial charge is 0.507 e. The Labute approximate surface area is 101 Å². The number of fused-ring (bicyclic) bond motifs is 1. The van der Waals surface area contributed by atoms with E-state index < -0.39 is 0 Å². The lowest BCUT2D eigenvalue weighted by atomic mass is 9.88. The van der Waals surface area contributed by atoms with Gasteiger partial charge in [0.2, 0.25) is 5.78 Å². The van der Waals surface area contributed by atoms with Crippen LogP contribution in [0.25, 0.3) is 0 Å². The van der Waals surface area contributed by atoms with Crippen LogP contribution in [-0.4, -0.2) is 16.7 Å². The van der Waals surface area contributed by atoms with Gasteiger partial charge in [-0.2, -0.15) is 0 Å². The number of aromatic hydroxyl groups is 1. The van der Waals surface area contributed by atoms with Crippen molar-refractivity contribution in [3.05, 3.63) is 39.4 Å². The van der Waals surface area contributed by atoms with Crippen LogP contribution in [0.3, 0.4) is 0 Å². The van der Waals surface area contributed by atoms with Crippen LogP contribution < -0.4 is 0 Å². The summed E-state index contributed by atoms with van der Waals surface area (Å²) < 4.78 is 0.304. The molecule has 0 spiro atoms. The zero-order chi connectivity index (χ0) is 11.9. The average molecular weight is 281 g/mol. The summed E-state index contributed by atoms with van der Waals surface area (Å²) in [7, 11) is 0. The second-order valence-electron chi connectivity index (χ2n) is 3.50. The summed E-state index contributed by atoms with van der Waals surface area (Å²) in [5.41, 5.74) is 0.792. The highest BCUT2D eigenvalue weighted by molar-refractivity contribution is 9.12. The SMILES string of the molecule is CCC1=C(Br)C(=O)c2cccc(O)c2C1=O. The van der Waals surface area contributed by atoms with Crippen molar-refractivity contribution in [2.45, 2.75) is 13.3 Å². The minimum absolute atomic E-state index is 0.118. The van der Waals surface area contributed by atoms with Gasteiger partial charge in [-0.05, 0) is 34.5 Å². The fourth-order valence-electron chi connectivity index (χ4n) is 1.79. The van der Waals surface area contributed by atoms with Gasteiger partial charge in [0, 0.05) is 11.1 Å². The maximum absolute atomic E-state index is 12.0. The topological polar surface area (TPSA) is 54.4 Å². The van der Waals surface area contributed by atoms with Crippen LogP contribution in [0.5, 0.6) is 5.75 Å². The number of phenols is 1. The van der Waals surface area contributed by atoms with E-state index in [4.69, 9.17) is 0 Å². The molecule has 0 fully saturated rings. The number of benzene rings is 1. The first-order chi connectivity index (χ1) is 7.57. The standard InChI is InChI=1S/C12H9BrO3/c1-2-6-10(13)12(16)7-4-3-5-8(14)9(7)11(6)15/h3-5,14H,2H2,1H3. The third kappa shape index (κ3) is 1.41. The second-order valence-corrected chi connectivity index (χ2v) is 4.30. The molecule has 0 bridgehead atoms. The predicted molar refractivity (Wildman–Crippen MR) is 63.0 cm³/mol. The van der Waals surface area contributed by atoms with Crippen LogP contribution in [0.2, 0.25) is 0 Å². The van der Waals surface area contributed by atoms with E-state index in [-0.39, 0.29) is 28.4 Å². The smallest absolute Gasteiger partial charge is 0.201 e. The highest BCUT2D eigenvalue weighted by atomic mass is 79.9. The van der Waals surface area contributed by atoms with Crippen molar-refractivity contribution in [2.75, 3.05) is 0 Å². The van der Waals surface area contributed by atoms with Crippen LogP contribution >= 0.6 is 15.9 Å². The molecule has 0 aromatic heterocycles. The fraction of sp³-hybridized carbons (Fsp3) is 0.167. The number of halogens is 1. The fourth-order valence-corrected chi connectivity index (χ4v) is 2.46. The molecule has 1 N–H and O–H groups in total. The van der Waals surface area contributed by atoms with Gasteiger partial charge < -0.3 is 5.11 Å². The van der Waals surface area contributed by atoms with Gasteiger partial charge in [-0.25, -0.2) is 0 Å². The molecule has 1 aromatic rings. The number of carbonyl (C=O) groups is 2. The molecule has 0 radical (unpaired) electrons. The van der Waals surface area contributed by atoms with Gasteiger partial charge in [0.25, 0.3) is 0 Å². The van der Waals surface area contributed by atoms with Crippen LogP contribution in [0.1, 0.15) is 34.1 Å². The normalized spacial score (nSPS) is 15.4. The second kappa shape index (κ2) is 3.87. The molecule has 2 rings (SSSR count). The van der Waals surface area contributed by atoms with Crippen molar-refractivity contribution >= 4 is 27.5 Å². The van der Waals surface area contributed by atoms with Gasteiger partial charge in [-0.3, -0.25) is 9.59 Å². The van der Waals surface area contributed by atoms with Crippen molar-refractivity contribution in [3.8, 4) is 5.75 Å². The quantitative estimate of drug-likeness (QED) is 0.861. The van der Waals surface area contributed by atoms with Crippen LogP contribution in [-0.2, 0) is 0 Å². The average Bonchev–Trinajstić information content (AvgIpc) is 2.26. The monoisotopic (exact) mass is 280 g/mol. The van der Waals surface area contributed by atoms with Crippen molar-refractivity contribution in [3.63, 3.8) is 0 Å². The molecule has 0 saturated carbocycles. The van der Waals surface area contributed by atoms with Gasteiger partial charge in [0.05, 0.1) is 10.0 Å². The Morgan fingerprint density at radius 3 is 2.56 bits per heavy atom. The van der Waals surface area contributed by atoms with Crippen LogP contribution in [0, 0.1) is 0 Å². The summed E-state index contributed by atoms with van der Waals surface area (Å²) in [6, 6.07) is 4.51. The molecular weight excluding hydrogens is 272 g/mol. The summed E-state index contributed by atoms with van der Waals surface area (Å²) >= 11 is 3.14. The molecule has 0 unspecified atom stereocenters. The summed E-state index contributed by atoms with van der Waals surface area (Å²) in [5, 5.41) is 9.63. The number of ketones is 2. The molecule has 1 aliphatic rings. The van der Waals surface area contributed by atoms with Crippen molar-refractivity contribution < 1.29 is 14.7 Å². The van der Waals surface area contributed by atoms with E-state index in [1.807, 2.05) is 0 Å². The van der Waals surface area contributed by atoms with Crippen molar-refractivity contribution in [2.24, 2.45) is 0 Å². The number of Topliss-reactive ketones (excluding diaryl/α,β-unsaturated/α-hetero) is 2. The third-order valence-electron chi connectivity index (χ3n) is 2.61. The zero-order valence-corrected chi connectivity index (χ0v) is 10.2. The number of allylic oxidation sites excluding steroid dienone is 2. The van der Waals surface area contributed by atoms with Crippen molar-refractivity contribution in [1.29, 1.82) is 0 Å². The molecule has 1 aliphatic carbocycles. The lowest BCUT2D eigenvalue weighted by molar-refractivity contribution is 0.0977. The first-order valence-electron chi connectivity index (χ1n) is 4.88. The van der Waals surface area contributed by atoms with E-state index in [1.54, 1.807) is 19.1 Å². The van der Waals surface area contributed by atoms with Gasteiger partial charge in [-0.15, -0.1) is 0 Å². The third-order valence-corrected chi connectivity index (χ3v) is 3.44. The van der Waals surface area contributed by atoms with Crippen LogP contribution in [0.4, 0.5) is 0 Å². The molecule has 4 heteroatoms. The Balaban J connectivity index is 2.75. The Bertz CT molecular complexity index is 529. The number of phenolic OH excluding ortho intramolecular Hbond substituents is 1. The summed E-state index contributed by atoms with van der Waals surface area (Å²) in [6.45, 7) is 1.80. The Hall–Kier alpha value is -1.42. The predicted octanol–water partition coefficient (Wildman–Crippen LogP) is 2.83. The first-order valence-corrected chi connectivity index (χ1v) is 5.67. The molecule has 0 atom stereocenters. The highest BCUT2D eigenvalue weighted by Gasteiger charge is 2.31. The zero-order valence-electron chi connectivity index (χ0n) is 8.58. The summed E-state index contributed by atoms with van der Waals surface area (Å²) in [5.74, 6) is -0.661. The molecule has 3 nitrogen and oxygen atoms in total. The number of hydrogen-bond acceptors (Lipinski definition) is 3. The number of carbonyl (C=O) groups excluding carboxylic acids is 2. The molecule has 0 heterocycles. The van der Waals surface area contributed by atoms with Crippen LogP contribution in [0.15, 0.2) is 28.3 Å². The maximum Gasteiger partial charge on any atom is 0.201 e. The Kier molecular flexibility index (Phi) is 2.68. The summed E-state index contributed by atoms with van der Waals surface area (Å²) in [6.07, 6.45) is 0.457. The lowest BCUT2D eigenvalue weighted by Crippen LogP contribution is -2.19. The molecule has 0 amide bonds. The molecule has 16 heavy (non-hydrogen) atoms. The van der Waals surface area contributed by atoms with E-state index >= 15 is 0 Å². The minimum Gasteiger partial charge on any atom is -0.507 e. The van der Waals surface area contributed by atoms with E-state index in [0.29, 0.717) is 16.5 Å².